The highest BCUT2D eigenvalue weighted by atomic mass is 16.5. The van der Waals surface area contributed by atoms with Crippen molar-refractivity contribution < 1.29 is 18.8 Å². The number of morpholine rings is 1. The van der Waals surface area contributed by atoms with Gasteiger partial charge in [0.2, 0.25) is 5.89 Å². The first-order valence-electron chi connectivity index (χ1n) is 8.60. The van der Waals surface area contributed by atoms with E-state index in [0.717, 1.165) is 0 Å². The van der Waals surface area contributed by atoms with Crippen LogP contribution < -0.4 is 4.90 Å². The summed E-state index contributed by atoms with van der Waals surface area (Å²) < 4.78 is 15.6. The summed E-state index contributed by atoms with van der Waals surface area (Å²) in [5, 5.41) is 3.83. The Morgan fingerprint density at radius 2 is 2.19 bits per heavy atom. The van der Waals surface area contributed by atoms with Crippen molar-refractivity contribution in [1.82, 2.24) is 20.0 Å². The molecule has 0 N–H and O–H groups in total. The van der Waals surface area contributed by atoms with E-state index in [1.807, 2.05) is 6.92 Å². The van der Waals surface area contributed by atoms with Crippen LogP contribution >= 0.6 is 0 Å². The van der Waals surface area contributed by atoms with Crippen molar-refractivity contribution in [3.05, 3.63) is 35.6 Å². The summed E-state index contributed by atoms with van der Waals surface area (Å²) in [7, 11) is 1.56. The van der Waals surface area contributed by atoms with Crippen LogP contribution in [0.5, 0.6) is 0 Å². The van der Waals surface area contributed by atoms with Gasteiger partial charge >= 0.3 is 0 Å². The summed E-state index contributed by atoms with van der Waals surface area (Å²) in [5.74, 6) is 1.41. The highest BCUT2D eigenvalue weighted by molar-refractivity contribution is 5.98. The van der Waals surface area contributed by atoms with Crippen molar-refractivity contribution in [3.63, 3.8) is 0 Å². The van der Waals surface area contributed by atoms with E-state index in [-0.39, 0.29) is 19.1 Å². The Bertz CT molecular complexity index is 729. The van der Waals surface area contributed by atoms with Gasteiger partial charge in [0, 0.05) is 32.9 Å². The molecule has 9 heteroatoms. The molecule has 1 aliphatic heterocycles. The summed E-state index contributed by atoms with van der Waals surface area (Å²) >= 11 is 0. The minimum Gasteiger partial charge on any atom is -0.378 e. The fourth-order valence-electron chi connectivity index (χ4n) is 2.79. The summed E-state index contributed by atoms with van der Waals surface area (Å²) in [4.78, 5) is 25.5. The van der Waals surface area contributed by atoms with Crippen molar-refractivity contribution in [2.45, 2.75) is 20.1 Å². The number of nitrogens with zero attached hydrogens (tertiary/aromatic N) is 5. The molecule has 0 radical (unpaired) electrons. The number of anilines is 1. The van der Waals surface area contributed by atoms with Gasteiger partial charge < -0.3 is 23.8 Å². The Morgan fingerprint density at radius 3 is 2.92 bits per heavy atom. The summed E-state index contributed by atoms with van der Waals surface area (Å²) in [5.41, 5.74) is 0.563. The second-order valence-electron chi connectivity index (χ2n) is 5.83. The number of carbonyl (C=O) groups excluding carboxylic acids is 1. The zero-order valence-electron chi connectivity index (χ0n) is 15.1. The lowest BCUT2D eigenvalue weighted by atomic mass is 10.2. The second kappa shape index (κ2) is 8.72. The maximum atomic E-state index is 13.1. The molecule has 2 aromatic heterocycles. The number of methoxy groups -OCH3 is 1. The normalized spacial score (nSPS) is 14.5. The number of amides is 1. The number of ether oxygens (including phenoxy) is 2. The molecule has 0 aliphatic carbocycles. The van der Waals surface area contributed by atoms with E-state index in [1.54, 1.807) is 30.3 Å². The van der Waals surface area contributed by atoms with Gasteiger partial charge in [-0.15, -0.1) is 0 Å². The van der Waals surface area contributed by atoms with E-state index >= 15 is 0 Å². The molecule has 140 valence electrons. The van der Waals surface area contributed by atoms with Crippen LogP contribution in [0.1, 0.15) is 29.0 Å². The minimum atomic E-state index is -0.117. The Balaban J connectivity index is 1.77. The third kappa shape index (κ3) is 4.17. The average molecular weight is 361 g/mol. The largest absolute Gasteiger partial charge is 0.378 e. The van der Waals surface area contributed by atoms with Gasteiger partial charge in [-0.3, -0.25) is 4.79 Å². The van der Waals surface area contributed by atoms with Gasteiger partial charge in [-0.25, -0.2) is 4.98 Å². The van der Waals surface area contributed by atoms with E-state index in [9.17, 15) is 4.79 Å². The lowest BCUT2D eigenvalue weighted by molar-refractivity contribution is 0.0733. The number of hydrogen-bond acceptors (Lipinski definition) is 8. The maximum absolute atomic E-state index is 13.1. The number of aromatic nitrogens is 3. The molecule has 0 unspecified atom stereocenters. The van der Waals surface area contributed by atoms with Crippen LogP contribution in [0.15, 0.2) is 22.9 Å². The van der Waals surface area contributed by atoms with E-state index in [2.05, 4.69) is 20.0 Å². The van der Waals surface area contributed by atoms with Crippen LogP contribution in [0.3, 0.4) is 0 Å². The van der Waals surface area contributed by atoms with Gasteiger partial charge in [0.1, 0.15) is 19.0 Å². The van der Waals surface area contributed by atoms with Crippen LogP contribution in [0.2, 0.25) is 0 Å². The summed E-state index contributed by atoms with van der Waals surface area (Å²) in [6, 6.07) is 3.57. The van der Waals surface area contributed by atoms with Crippen LogP contribution in [-0.4, -0.2) is 65.9 Å². The fraction of sp³-hybridized carbons (Fsp3) is 0.529. The summed E-state index contributed by atoms with van der Waals surface area (Å²) in [6.07, 6.45) is 1.70. The van der Waals surface area contributed by atoms with Crippen LogP contribution in [0.25, 0.3) is 0 Å². The van der Waals surface area contributed by atoms with Gasteiger partial charge in [-0.05, 0) is 19.1 Å². The quantitative estimate of drug-likeness (QED) is 0.724. The molecule has 1 saturated heterocycles. The first-order chi connectivity index (χ1) is 12.7. The van der Waals surface area contributed by atoms with Crippen molar-refractivity contribution >= 4 is 11.7 Å². The molecule has 1 fully saturated rings. The third-order valence-electron chi connectivity index (χ3n) is 4.11. The van der Waals surface area contributed by atoms with Crippen molar-refractivity contribution in [2.24, 2.45) is 0 Å². The zero-order chi connectivity index (χ0) is 18.4. The molecule has 3 rings (SSSR count). The van der Waals surface area contributed by atoms with E-state index in [0.29, 0.717) is 55.9 Å². The second-order valence-corrected chi connectivity index (χ2v) is 5.83. The number of hydrogen-bond donors (Lipinski definition) is 0. The number of pyridine rings is 1. The van der Waals surface area contributed by atoms with Crippen molar-refractivity contribution in [1.29, 1.82) is 0 Å². The van der Waals surface area contributed by atoms with Gasteiger partial charge in [-0.2, -0.15) is 4.98 Å². The molecular weight excluding hydrogens is 338 g/mol. The monoisotopic (exact) mass is 361 g/mol. The summed E-state index contributed by atoms with van der Waals surface area (Å²) in [6.45, 7) is 5.63. The van der Waals surface area contributed by atoms with Crippen LogP contribution in [0.4, 0.5) is 5.82 Å². The standard InChI is InChI=1S/C17H23N5O4/c1-3-21(11-15-19-14(12-24-2)20-26-15)17(23)13-5-4-6-18-16(13)22-7-9-25-10-8-22/h4-6H,3,7-12H2,1-2H3. The van der Waals surface area contributed by atoms with Crippen LogP contribution in [0, 0.1) is 0 Å². The zero-order valence-corrected chi connectivity index (χ0v) is 15.1. The molecule has 3 heterocycles. The van der Waals surface area contributed by atoms with Gasteiger partial charge in [0.05, 0.1) is 18.8 Å². The van der Waals surface area contributed by atoms with Gasteiger partial charge in [0.15, 0.2) is 5.82 Å². The number of carbonyl (C=O) groups is 1. The van der Waals surface area contributed by atoms with Crippen LogP contribution in [-0.2, 0) is 22.6 Å². The van der Waals surface area contributed by atoms with Crippen molar-refractivity contribution in [3.8, 4) is 0 Å². The van der Waals surface area contributed by atoms with Crippen molar-refractivity contribution in [2.75, 3.05) is 44.9 Å². The molecule has 26 heavy (non-hydrogen) atoms. The molecular formula is C17H23N5O4. The molecule has 0 aromatic carbocycles. The van der Waals surface area contributed by atoms with E-state index in [4.69, 9.17) is 14.0 Å². The SMILES string of the molecule is CCN(Cc1nc(COC)no1)C(=O)c1cccnc1N1CCOCC1. The topological polar surface area (TPSA) is 93.8 Å². The van der Waals surface area contributed by atoms with Gasteiger partial charge in [-0.1, -0.05) is 5.16 Å². The molecule has 1 aliphatic rings. The molecule has 0 atom stereocenters. The lowest BCUT2D eigenvalue weighted by Crippen LogP contribution is -2.39. The molecule has 0 saturated carbocycles. The molecule has 2 aromatic rings. The highest BCUT2D eigenvalue weighted by Crippen LogP contribution is 2.21. The van der Waals surface area contributed by atoms with E-state index in [1.165, 1.54) is 0 Å². The first-order valence-corrected chi connectivity index (χ1v) is 8.60. The Kier molecular flexibility index (Phi) is 6.13. The predicted octanol–water partition coefficient (Wildman–Crippen LogP) is 1.11. The average Bonchev–Trinajstić information content (AvgIpc) is 3.14. The highest BCUT2D eigenvalue weighted by Gasteiger charge is 2.24. The Labute approximate surface area is 151 Å². The maximum Gasteiger partial charge on any atom is 0.258 e. The molecule has 0 bridgehead atoms. The fourth-order valence-corrected chi connectivity index (χ4v) is 2.79. The minimum absolute atomic E-state index is 0.117. The Hall–Kier alpha value is -2.52. The lowest BCUT2D eigenvalue weighted by Gasteiger charge is -2.30. The number of rotatable bonds is 7. The van der Waals surface area contributed by atoms with Gasteiger partial charge in [0.25, 0.3) is 5.91 Å². The first kappa shape index (κ1) is 18.3. The smallest absolute Gasteiger partial charge is 0.258 e. The third-order valence-corrected chi connectivity index (χ3v) is 4.11. The van der Waals surface area contributed by atoms with E-state index < -0.39 is 0 Å². The molecule has 9 nitrogen and oxygen atoms in total. The molecule has 1 amide bonds. The predicted molar refractivity (Wildman–Crippen MR) is 92.7 cm³/mol. The molecule has 0 spiro atoms. The Morgan fingerprint density at radius 1 is 1.38 bits per heavy atom.